The number of halogens is 2. The smallest absolute Gasteiger partial charge is 0.264 e. The molecule has 3 rings (SSSR count). The van der Waals surface area contributed by atoms with Crippen LogP contribution in [0.3, 0.4) is 0 Å². The molecule has 0 aliphatic rings. The number of rotatable bonds is 7. The van der Waals surface area contributed by atoms with Crippen LogP contribution in [0.1, 0.15) is 11.1 Å². The van der Waals surface area contributed by atoms with Crippen LogP contribution in [0.4, 0.5) is 8.78 Å². The highest BCUT2D eigenvalue weighted by Crippen LogP contribution is 2.18. The molecule has 1 unspecified atom stereocenters. The number of H-pyrrole nitrogens is 1. The molecule has 0 spiro atoms. The van der Waals surface area contributed by atoms with E-state index < -0.39 is 12.5 Å². The Kier molecular flexibility index (Phi) is 5.35. The van der Waals surface area contributed by atoms with Crippen LogP contribution in [0.5, 0.6) is 5.75 Å². The van der Waals surface area contributed by atoms with E-state index in [-0.39, 0.29) is 13.0 Å². The largest absolute Gasteiger partial charge is 0.487 e. The van der Waals surface area contributed by atoms with Crippen molar-refractivity contribution in [2.45, 2.75) is 25.6 Å². The van der Waals surface area contributed by atoms with Crippen molar-refractivity contribution in [2.75, 3.05) is 0 Å². The van der Waals surface area contributed by atoms with Crippen LogP contribution in [-0.4, -0.2) is 32.8 Å². The number of hydrogen-bond acceptors (Lipinski definition) is 4. The molecule has 0 saturated carbocycles. The Hall–Kier alpha value is -2.80. The van der Waals surface area contributed by atoms with Gasteiger partial charge in [-0.3, -0.25) is 10.1 Å². The second kappa shape index (κ2) is 7.85. The average molecular weight is 345 g/mol. The number of aliphatic hydroxyl groups excluding tert-OH is 1. The second-order valence-corrected chi connectivity index (χ2v) is 5.56. The molecule has 0 fully saturated rings. The van der Waals surface area contributed by atoms with Gasteiger partial charge in [-0.25, -0.2) is 8.78 Å². The van der Waals surface area contributed by atoms with Gasteiger partial charge in [0.05, 0.1) is 17.6 Å². The quantitative estimate of drug-likeness (QED) is 0.690. The molecule has 0 amide bonds. The van der Waals surface area contributed by atoms with Crippen molar-refractivity contribution < 1.29 is 18.6 Å². The zero-order valence-electron chi connectivity index (χ0n) is 13.3. The summed E-state index contributed by atoms with van der Waals surface area (Å²) in [5, 5.41) is 16.0. The topological polar surface area (TPSA) is 71.0 Å². The summed E-state index contributed by atoms with van der Waals surface area (Å²) < 4.78 is 30.5. The van der Waals surface area contributed by atoms with Gasteiger partial charge in [-0.15, -0.1) is 0 Å². The van der Waals surface area contributed by atoms with Crippen LogP contribution in [0, 0.1) is 0 Å². The minimum atomic E-state index is -2.75. The van der Waals surface area contributed by atoms with Gasteiger partial charge in [0.2, 0.25) is 0 Å². The molecule has 0 radical (unpaired) electrons. The normalized spacial score (nSPS) is 12.3. The standard InChI is InChI=1S/C18H17F2N3O2/c19-18(20)17(24)9-12-2-1-3-13(8-12)11-25-14-4-5-15(21-10-14)16-6-7-22-23-16/h1-8,10,17-18,24H,9,11H2,(H,22,23). The first-order valence-corrected chi connectivity index (χ1v) is 7.74. The van der Waals surface area contributed by atoms with Crippen molar-refractivity contribution in [2.24, 2.45) is 0 Å². The van der Waals surface area contributed by atoms with Gasteiger partial charge >= 0.3 is 0 Å². The van der Waals surface area contributed by atoms with E-state index in [0.717, 1.165) is 17.0 Å². The van der Waals surface area contributed by atoms with Crippen LogP contribution in [0.15, 0.2) is 54.9 Å². The molecule has 130 valence electrons. The van der Waals surface area contributed by atoms with Crippen molar-refractivity contribution in [3.05, 3.63) is 66.0 Å². The molecule has 2 aromatic heterocycles. The van der Waals surface area contributed by atoms with Crippen molar-refractivity contribution in [1.82, 2.24) is 15.2 Å². The van der Waals surface area contributed by atoms with Crippen molar-refractivity contribution in [3.63, 3.8) is 0 Å². The maximum absolute atomic E-state index is 12.4. The fourth-order valence-corrected chi connectivity index (χ4v) is 2.37. The Morgan fingerprint density at radius 3 is 2.64 bits per heavy atom. The maximum Gasteiger partial charge on any atom is 0.264 e. The van der Waals surface area contributed by atoms with Crippen LogP contribution >= 0.6 is 0 Å². The highest BCUT2D eigenvalue weighted by atomic mass is 19.3. The zero-order valence-corrected chi connectivity index (χ0v) is 13.3. The third kappa shape index (κ3) is 4.60. The van der Waals surface area contributed by atoms with Gasteiger partial charge in [-0.05, 0) is 29.3 Å². The molecule has 2 heterocycles. The molecule has 1 atom stereocenters. The van der Waals surface area contributed by atoms with Crippen LogP contribution in [-0.2, 0) is 13.0 Å². The number of aliphatic hydroxyl groups is 1. The van der Waals surface area contributed by atoms with Crippen LogP contribution in [0.25, 0.3) is 11.4 Å². The van der Waals surface area contributed by atoms with E-state index in [1.807, 2.05) is 18.2 Å². The third-order valence-electron chi connectivity index (χ3n) is 3.65. The summed E-state index contributed by atoms with van der Waals surface area (Å²) in [7, 11) is 0. The number of hydrogen-bond donors (Lipinski definition) is 2. The fraction of sp³-hybridized carbons (Fsp3) is 0.222. The number of aromatic amines is 1. The monoisotopic (exact) mass is 345 g/mol. The number of ether oxygens (including phenoxy) is 1. The van der Waals surface area contributed by atoms with Crippen LogP contribution in [0.2, 0.25) is 0 Å². The number of nitrogens with one attached hydrogen (secondary N) is 1. The van der Waals surface area contributed by atoms with E-state index in [1.165, 1.54) is 0 Å². The van der Waals surface area contributed by atoms with Crippen molar-refractivity contribution in [1.29, 1.82) is 0 Å². The molecular weight excluding hydrogens is 328 g/mol. The molecule has 3 aromatic rings. The Morgan fingerprint density at radius 2 is 1.96 bits per heavy atom. The Balaban J connectivity index is 1.60. The molecule has 1 aromatic carbocycles. The van der Waals surface area contributed by atoms with Gasteiger partial charge in [0, 0.05) is 12.6 Å². The van der Waals surface area contributed by atoms with E-state index >= 15 is 0 Å². The first kappa shape index (κ1) is 17.0. The van der Waals surface area contributed by atoms with Gasteiger partial charge in [0.25, 0.3) is 6.43 Å². The van der Waals surface area contributed by atoms with E-state index in [1.54, 1.807) is 36.7 Å². The summed E-state index contributed by atoms with van der Waals surface area (Å²) >= 11 is 0. The summed E-state index contributed by atoms with van der Waals surface area (Å²) in [6, 6.07) is 12.5. The second-order valence-electron chi connectivity index (χ2n) is 5.56. The predicted octanol–water partition coefficient (Wildman–Crippen LogP) is 3.22. The maximum atomic E-state index is 12.4. The zero-order chi connectivity index (χ0) is 17.6. The average Bonchev–Trinajstić information content (AvgIpc) is 3.15. The van der Waals surface area contributed by atoms with Gasteiger partial charge in [0.15, 0.2) is 0 Å². The molecule has 0 aliphatic carbocycles. The number of nitrogens with zero attached hydrogens (tertiary/aromatic N) is 2. The molecular formula is C18H17F2N3O2. The van der Waals surface area contributed by atoms with Gasteiger partial charge < -0.3 is 9.84 Å². The molecule has 7 heteroatoms. The van der Waals surface area contributed by atoms with E-state index in [9.17, 15) is 13.9 Å². The van der Waals surface area contributed by atoms with E-state index in [2.05, 4.69) is 15.2 Å². The minimum absolute atomic E-state index is 0.0913. The summed E-state index contributed by atoms with van der Waals surface area (Å²) in [4.78, 5) is 4.30. The summed E-state index contributed by atoms with van der Waals surface area (Å²) in [5.41, 5.74) is 3.04. The van der Waals surface area contributed by atoms with Gasteiger partial charge in [-0.1, -0.05) is 24.3 Å². The lowest BCUT2D eigenvalue weighted by Crippen LogP contribution is -2.20. The van der Waals surface area contributed by atoms with Crippen molar-refractivity contribution in [3.8, 4) is 17.1 Å². The summed E-state index contributed by atoms with van der Waals surface area (Å²) in [6.45, 7) is 0.281. The van der Waals surface area contributed by atoms with Gasteiger partial charge in [0.1, 0.15) is 18.5 Å². The summed E-state index contributed by atoms with van der Waals surface area (Å²) in [5.74, 6) is 0.598. The first-order chi connectivity index (χ1) is 12.1. The van der Waals surface area contributed by atoms with Gasteiger partial charge in [-0.2, -0.15) is 5.10 Å². The SMILES string of the molecule is OC(Cc1cccc(COc2ccc(-c3ccn[nH]3)nc2)c1)C(F)F. The first-order valence-electron chi connectivity index (χ1n) is 7.74. The number of benzene rings is 1. The lowest BCUT2D eigenvalue weighted by atomic mass is 10.1. The summed E-state index contributed by atoms with van der Waals surface area (Å²) in [6.07, 6.45) is -1.24. The fourth-order valence-electron chi connectivity index (χ4n) is 2.37. The lowest BCUT2D eigenvalue weighted by Gasteiger charge is -2.11. The molecule has 25 heavy (non-hydrogen) atoms. The van der Waals surface area contributed by atoms with E-state index in [4.69, 9.17) is 4.74 Å². The number of pyridine rings is 1. The Labute approximate surface area is 143 Å². The number of alkyl halides is 2. The number of aromatic nitrogens is 3. The third-order valence-corrected chi connectivity index (χ3v) is 3.65. The Bertz CT molecular complexity index is 792. The highest BCUT2D eigenvalue weighted by molar-refractivity contribution is 5.53. The predicted molar refractivity (Wildman–Crippen MR) is 88.3 cm³/mol. The molecule has 5 nitrogen and oxygen atoms in total. The molecule has 0 aliphatic heterocycles. The minimum Gasteiger partial charge on any atom is -0.487 e. The molecule has 0 saturated heterocycles. The van der Waals surface area contributed by atoms with Crippen LogP contribution < -0.4 is 4.74 Å². The van der Waals surface area contributed by atoms with Crippen molar-refractivity contribution >= 4 is 0 Å². The lowest BCUT2D eigenvalue weighted by molar-refractivity contribution is -0.00366. The van der Waals surface area contributed by atoms with E-state index in [0.29, 0.717) is 11.3 Å². The Morgan fingerprint density at radius 1 is 1.12 bits per heavy atom. The molecule has 0 bridgehead atoms. The highest BCUT2D eigenvalue weighted by Gasteiger charge is 2.17. The molecule has 2 N–H and O–H groups in total.